The number of hydrogen-bond acceptors (Lipinski definition) is 1. The number of hydrogen-bond donors (Lipinski definition) is 1. The van der Waals surface area contributed by atoms with Crippen LogP contribution >= 0.6 is 0 Å². The fraction of sp³-hybridized carbons (Fsp3) is 0.125. The lowest BCUT2D eigenvalue weighted by molar-refractivity contribution is 0.564. The van der Waals surface area contributed by atoms with Gasteiger partial charge >= 0.3 is 0 Å². The summed E-state index contributed by atoms with van der Waals surface area (Å²) in [4.78, 5) is 0. The maximum absolute atomic E-state index is 12.9. The fourth-order valence-electron chi connectivity index (χ4n) is 0.842. The van der Waals surface area contributed by atoms with Crippen LogP contribution in [0.3, 0.4) is 0 Å². The van der Waals surface area contributed by atoms with Crippen molar-refractivity contribution in [1.82, 2.24) is 0 Å². The van der Waals surface area contributed by atoms with E-state index in [0.29, 0.717) is 5.37 Å². The smallest absolute Gasteiger partial charge is 0.134 e. The zero-order chi connectivity index (χ0) is 10.1. The van der Waals surface area contributed by atoms with Gasteiger partial charge in [0.2, 0.25) is 0 Å². The van der Waals surface area contributed by atoms with Gasteiger partial charge in [-0.1, -0.05) is 6.07 Å². The molecular weight excluding hydrogens is 198 g/mol. The highest BCUT2D eigenvalue weighted by Crippen LogP contribution is 2.09. The molecule has 0 aliphatic heterocycles. The molecule has 1 aromatic rings. The Balaban J connectivity index is 3.39. The molecule has 1 atom stereocenters. The third kappa shape index (κ3) is 2.78. The van der Waals surface area contributed by atoms with E-state index >= 15 is 0 Å². The van der Waals surface area contributed by atoms with Gasteiger partial charge in [-0.15, -0.1) is 0 Å². The molecule has 1 unspecified atom stereocenters. The Kier molecular flexibility index (Phi) is 2.68. The molecule has 0 radical (unpaired) electrons. The molecule has 0 aliphatic rings. The number of rotatable bonds is 1. The van der Waals surface area contributed by atoms with Gasteiger partial charge in [-0.2, -0.15) is 0 Å². The average Bonchev–Trinajstić information content (AvgIpc) is 1.95. The second-order valence-corrected chi connectivity index (χ2v) is 4.57. The van der Waals surface area contributed by atoms with Crippen molar-refractivity contribution in [2.75, 3.05) is 6.26 Å². The molecule has 13 heavy (non-hydrogen) atoms. The van der Waals surface area contributed by atoms with E-state index in [9.17, 15) is 13.0 Å². The maximum Gasteiger partial charge on any atom is 0.134 e. The lowest BCUT2D eigenvalue weighted by Gasteiger charge is -1.99. The molecule has 0 saturated heterocycles. The van der Waals surface area contributed by atoms with Crippen LogP contribution in [0.25, 0.3) is 0 Å². The van der Waals surface area contributed by atoms with Crippen LogP contribution in [0.5, 0.6) is 0 Å². The second kappa shape index (κ2) is 3.43. The molecule has 2 nitrogen and oxygen atoms in total. The number of halogens is 2. The van der Waals surface area contributed by atoms with Gasteiger partial charge in [-0.05, 0) is 12.1 Å². The normalized spacial score (nSPS) is 15.1. The standard InChI is InChI=1S/C8H8F2O2S/c1-13(11,12)5-6-7(9)3-2-4-8(6)10/h2-5H,1H3,(H,11,12). The van der Waals surface area contributed by atoms with Gasteiger partial charge in [-0.3, -0.25) is 0 Å². The Hall–Kier alpha value is -0.940. The topological polar surface area (TPSA) is 37.3 Å². The van der Waals surface area contributed by atoms with Crippen molar-refractivity contribution in [3.63, 3.8) is 0 Å². The summed E-state index contributed by atoms with van der Waals surface area (Å²) in [5.74, 6) is -1.69. The quantitative estimate of drug-likeness (QED) is 0.707. The van der Waals surface area contributed by atoms with Crippen molar-refractivity contribution < 1.29 is 17.5 Å². The molecule has 5 heteroatoms. The molecule has 0 saturated carbocycles. The molecule has 72 valence electrons. The van der Waals surface area contributed by atoms with Gasteiger partial charge in [0.1, 0.15) is 11.6 Å². The van der Waals surface area contributed by atoms with E-state index in [2.05, 4.69) is 0 Å². The van der Waals surface area contributed by atoms with Crippen molar-refractivity contribution in [2.24, 2.45) is 0 Å². The van der Waals surface area contributed by atoms with E-state index in [1.54, 1.807) is 0 Å². The lowest BCUT2D eigenvalue weighted by Crippen LogP contribution is -2.03. The summed E-state index contributed by atoms with van der Waals surface area (Å²) in [6, 6.07) is 3.25. The van der Waals surface area contributed by atoms with Crippen LogP contribution in [0.1, 0.15) is 5.56 Å². The van der Waals surface area contributed by atoms with Crippen LogP contribution in [0.4, 0.5) is 8.78 Å². The number of benzene rings is 1. The Morgan fingerprint density at radius 1 is 1.38 bits per heavy atom. The first kappa shape index (κ1) is 10.1. The molecule has 1 N–H and O–H groups in total. The fourth-order valence-corrected chi connectivity index (χ4v) is 1.50. The van der Waals surface area contributed by atoms with Gasteiger partial charge in [-0.25, -0.2) is 13.0 Å². The van der Waals surface area contributed by atoms with Gasteiger partial charge in [0.25, 0.3) is 0 Å². The maximum atomic E-state index is 12.9. The zero-order valence-corrected chi connectivity index (χ0v) is 7.65. The molecule has 1 rings (SSSR count). The first-order valence-corrected chi connectivity index (χ1v) is 5.39. The lowest BCUT2D eigenvalue weighted by atomic mass is 10.2. The minimum absolute atomic E-state index is 0.461. The van der Waals surface area contributed by atoms with E-state index in [0.717, 1.165) is 18.4 Å². The van der Waals surface area contributed by atoms with Crippen molar-refractivity contribution >= 4 is 15.2 Å². The summed E-state index contributed by atoms with van der Waals surface area (Å²) < 4.78 is 45.4. The van der Waals surface area contributed by atoms with Crippen molar-refractivity contribution in [3.8, 4) is 0 Å². The SMILES string of the molecule is CS(=O)(O)=Cc1c(F)cccc1F. The summed E-state index contributed by atoms with van der Waals surface area (Å²) in [6.45, 7) is 0. The first-order valence-electron chi connectivity index (χ1n) is 3.40. The third-order valence-corrected chi connectivity index (χ3v) is 2.01. The monoisotopic (exact) mass is 206 g/mol. The van der Waals surface area contributed by atoms with Crippen molar-refractivity contribution in [2.45, 2.75) is 0 Å². The molecule has 0 aliphatic carbocycles. The van der Waals surface area contributed by atoms with Gasteiger partial charge in [0, 0.05) is 11.6 Å². The van der Waals surface area contributed by atoms with E-state index < -0.39 is 27.0 Å². The largest absolute Gasteiger partial charge is 0.314 e. The predicted molar refractivity (Wildman–Crippen MR) is 48.2 cm³/mol. The van der Waals surface area contributed by atoms with Gasteiger partial charge in [0.05, 0.1) is 15.4 Å². The second-order valence-electron chi connectivity index (χ2n) is 2.61. The van der Waals surface area contributed by atoms with E-state index in [1.165, 1.54) is 6.07 Å². The highest BCUT2D eigenvalue weighted by Gasteiger charge is 2.06. The highest BCUT2D eigenvalue weighted by atomic mass is 32.2. The third-order valence-electron chi connectivity index (χ3n) is 1.34. The average molecular weight is 206 g/mol. The highest BCUT2D eigenvalue weighted by molar-refractivity contribution is 7.95. The summed E-state index contributed by atoms with van der Waals surface area (Å²) in [5.41, 5.74) is -0.461. The Morgan fingerprint density at radius 2 is 1.85 bits per heavy atom. The molecule has 0 spiro atoms. The molecule has 0 aromatic heterocycles. The zero-order valence-electron chi connectivity index (χ0n) is 6.83. The molecule has 1 aromatic carbocycles. The summed E-state index contributed by atoms with van der Waals surface area (Å²) in [5, 5.41) is 0.678. The van der Waals surface area contributed by atoms with Gasteiger partial charge < -0.3 is 4.55 Å². The van der Waals surface area contributed by atoms with Crippen LogP contribution in [-0.4, -0.2) is 20.4 Å². The predicted octanol–water partition coefficient (Wildman–Crippen LogP) is 1.50. The molecular formula is C8H8F2O2S. The van der Waals surface area contributed by atoms with Crippen molar-refractivity contribution in [1.29, 1.82) is 0 Å². The molecule has 0 heterocycles. The Morgan fingerprint density at radius 3 is 2.23 bits per heavy atom. The van der Waals surface area contributed by atoms with Crippen molar-refractivity contribution in [3.05, 3.63) is 35.4 Å². The van der Waals surface area contributed by atoms with E-state index in [1.807, 2.05) is 0 Å². The molecule has 0 amide bonds. The van der Waals surface area contributed by atoms with Crippen LogP contribution in [0.2, 0.25) is 0 Å². The molecule has 0 fully saturated rings. The molecule has 0 bridgehead atoms. The summed E-state index contributed by atoms with van der Waals surface area (Å²) >= 11 is 0. The van der Waals surface area contributed by atoms with Crippen LogP contribution < -0.4 is 0 Å². The Bertz CT molecular complexity index is 406. The summed E-state index contributed by atoms with van der Waals surface area (Å²) in [7, 11) is -3.28. The first-order chi connectivity index (χ1) is 5.90. The van der Waals surface area contributed by atoms with Gasteiger partial charge in [0.15, 0.2) is 0 Å². The van der Waals surface area contributed by atoms with E-state index in [4.69, 9.17) is 4.55 Å². The minimum Gasteiger partial charge on any atom is -0.314 e. The summed E-state index contributed by atoms with van der Waals surface area (Å²) in [6.07, 6.45) is 0.985. The van der Waals surface area contributed by atoms with Crippen LogP contribution in [0, 0.1) is 11.6 Å². The minimum atomic E-state index is -3.28. The van der Waals surface area contributed by atoms with Crippen LogP contribution in [-0.2, 0) is 9.80 Å². The van der Waals surface area contributed by atoms with Crippen LogP contribution in [0.15, 0.2) is 18.2 Å². The Labute approximate surface area is 75.0 Å². The van der Waals surface area contributed by atoms with E-state index in [-0.39, 0.29) is 0 Å².